The van der Waals surface area contributed by atoms with E-state index in [1.54, 1.807) is 6.92 Å². The van der Waals surface area contributed by atoms with E-state index in [0.717, 1.165) is 0 Å². The van der Waals surface area contributed by atoms with Crippen molar-refractivity contribution >= 4 is 0 Å². The van der Waals surface area contributed by atoms with Gasteiger partial charge < -0.3 is 5.32 Å². The Labute approximate surface area is 88.2 Å². The maximum absolute atomic E-state index is 12.3. The van der Waals surface area contributed by atoms with Gasteiger partial charge in [0.25, 0.3) is 0 Å². The molecule has 0 spiro atoms. The molecule has 0 bridgehead atoms. The molecule has 0 heterocycles. The molecule has 15 heavy (non-hydrogen) atoms. The molecule has 0 aliphatic rings. The van der Waals surface area contributed by atoms with Crippen LogP contribution < -0.4 is 5.32 Å². The SMILES string of the molecule is CC(C)NC(C)(CCC(F)F)CC(F)F. The van der Waals surface area contributed by atoms with Crippen LogP contribution in [0.25, 0.3) is 0 Å². The van der Waals surface area contributed by atoms with Gasteiger partial charge in [-0.15, -0.1) is 0 Å². The van der Waals surface area contributed by atoms with Crippen LogP contribution in [0.5, 0.6) is 0 Å². The van der Waals surface area contributed by atoms with Crippen LogP contribution >= 0.6 is 0 Å². The Morgan fingerprint density at radius 1 is 1.07 bits per heavy atom. The maximum Gasteiger partial charge on any atom is 0.240 e. The van der Waals surface area contributed by atoms with E-state index in [2.05, 4.69) is 5.32 Å². The van der Waals surface area contributed by atoms with Crippen LogP contribution in [0.1, 0.15) is 40.0 Å². The Balaban J connectivity index is 4.26. The molecule has 1 atom stereocenters. The molecule has 1 unspecified atom stereocenters. The smallest absolute Gasteiger partial charge is 0.240 e. The van der Waals surface area contributed by atoms with Gasteiger partial charge in [0, 0.05) is 24.4 Å². The second-order valence-electron chi connectivity index (χ2n) is 4.38. The lowest BCUT2D eigenvalue weighted by Gasteiger charge is -2.33. The van der Waals surface area contributed by atoms with E-state index in [-0.39, 0.29) is 18.9 Å². The Morgan fingerprint density at radius 2 is 1.60 bits per heavy atom. The van der Waals surface area contributed by atoms with Crippen LogP contribution in [0.3, 0.4) is 0 Å². The minimum absolute atomic E-state index is 0.00595. The predicted octanol–water partition coefficient (Wildman–Crippen LogP) is 3.44. The molecule has 0 amide bonds. The lowest BCUT2D eigenvalue weighted by atomic mass is 9.91. The Hall–Kier alpha value is -0.320. The summed E-state index contributed by atoms with van der Waals surface area (Å²) in [5.74, 6) is 0. The van der Waals surface area contributed by atoms with Crippen LogP contribution in [0.15, 0.2) is 0 Å². The van der Waals surface area contributed by atoms with Crippen molar-refractivity contribution in [1.82, 2.24) is 5.32 Å². The molecule has 0 aromatic rings. The summed E-state index contributed by atoms with van der Waals surface area (Å²) in [5, 5.41) is 2.93. The third-order valence-electron chi connectivity index (χ3n) is 2.16. The lowest BCUT2D eigenvalue weighted by Crippen LogP contribution is -2.47. The van der Waals surface area contributed by atoms with Gasteiger partial charge in [0.15, 0.2) is 0 Å². The quantitative estimate of drug-likeness (QED) is 0.659. The fourth-order valence-electron chi connectivity index (χ4n) is 1.70. The predicted molar refractivity (Wildman–Crippen MR) is 52.5 cm³/mol. The van der Waals surface area contributed by atoms with E-state index >= 15 is 0 Å². The molecule has 0 rings (SSSR count). The first-order valence-corrected chi connectivity index (χ1v) is 5.09. The minimum atomic E-state index is -2.47. The highest BCUT2D eigenvalue weighted by Gasteiger charge is 2.29. The third-order valence-corrected chi connectivity index (χ3v) is 2.16. The molecule has 1 N–H and O–H groups in total. The van der Waals surface area contributed by atoms with Crippen molar-refractivity contribution in [2.24, 2.45) is 0 Å². The highest BCUT2D eigenvalue weighted by Crippen LogP contribution is 2.23. The summed E-state index contributed by atoms with van der Waals surface area (Å²) in [6, 6.07) is 0.00595. The van der Waals surface area contributed by atoms with E-state index in [9.17, 15) is 17.6 Å². The normalized spacial score (nSPS) is 16.4. The Bertz CT molecular complexity index is 161. The van der Waals surface area contributed by atoms with Crippen molar-refractivity contribution in [3.05, 3.63) is 0 Å². The van der Waals surface area contributed by atoms with Gasteiger partial charge in [-0.3, -0.25) is 0 Å². The van der Waals surface area contributed by atoms with Crippen molar-refractivity contribution in [3.63, 3.8) is 0 Å². The van der Waals surface area contributed by atoms with E-state index in [4.69, 9.17) is 0 Å². The monoisotopic (exact) mass is 229 g/mol. The first-order chi connectivity index (χ1) is 6.75. The maximum atomic E-state index is 12.3. The van der Waals surface area contributed by atoms with Gasteiger partial charge >= 0.3 is 0 Å². The minimum Gasteiger partial charge on any atom is -0.309 e. The van der Waals surface area contributed by atoms with Crippen molar-refractivity contribution in [2.75, 3.05) is 0 Å². The van der Waals surface area contributed by atoms with E-state index in [1.807, 2.05) is 13.8 Å². The number of nitrogens with one attached hydrogen (secondary N) is 1. The number of hydrogen-bond acceptors (Lipinski definition) is 1. The van der Waals surface area contributed by atoms with Crippen LogP contribution in [0.2, 0.25) is 0 Å². The second kappa shape index (κ2) is 6.30. The number of halogens is 4. The molecular formula is C10H19F4N. The summed E-state index contributed by atoms with van der Waals surface area (Å²) >= 11 is 0. The molecule has 92 valence electrons. The Kier molecular flexibility index (Phi) is 6.17. The molecular weight excluding hydrogens is 210 g/mol. The van der Waals surface area contributed by atoms with Gasteiger partial charge in [-0.2, -0.15) is 0 Å². The topological polar surface area (TPSA) is 12.0 Å². The van der Waals surface area contributed by atoms with E-state index in [0.29, 0.717) is 0 Å². The molecule has 0 radical (unpaired) electrons. The van der Waals surface area contributed by atoms with E-state index < -0.39 is 24.8 Å². The fourth-order valence-corrected chi connectivity index (χ4v) is 1.70. The van der Waals surface area contributed by atoms with Crippen LogP contribution in [-0.4, -0.2) is 24.4 Å². The largest absolute Gasteiger partial charge is 0.309 e. The zero-order valence-electron chi connectivity index (χ0n) is 9.37. The first kappa shape index (κ1) is 14.7. The van der Waals surface area contributed by atoms with Crippen LogP contribution in [-0.2, 0) is 0 Å². The van der Waals surface area contributed by atoms with Crippen molar-refractivity contribution in [3.8, 4) is 0 Å². The number of rotatable bonds is 7. The number of alkyl halides is 4. The number of hydrogen-bond donors (Lipinski definition) is 1. The fraction of sp³-hybridized carbons (Fsp3) is 1.00. The summed E-state index contributed by atoms with van der Waals surface area (Å²) in [6.45, 7) is 5.19. The molecule has 5 heteroatoms. The van der Waals surface area contributed by atoms with E-state index in [1.165, 1.54) is 0 Å². The summed E-state index contributed by atoms with van der Waals surface area (Å²) in [7, 11) is 0. The zero-order valence-corrected chi connectivity index (χ0v) is 9.37. The molecule has 0 aromatic heterocycles. The molecule has 0 fully saturated rings. The highest BCUT2D eigenvalue weighted by molar-refractivity contribution is 4.85. The van der Waals surface area contributed by atoms with Gasteiger partial charge in [0.1, 0.15) is 0 Å². The molecule has 0 aromatic carbocycles. The third kappa shape index (κ3) is 7.59. The van der Waals surface area contributed by atoms with Crippen LogP contribution in [0, 0.1) is 0 Å². The average Bonchev–Trinajstić information content (AvgIpc) is 1.97. The van der Waals surface area contributed by atoms with Crippen molar-refractivity contribution < 1.29 is 17.6 Å². The van der Waals surface area contributed by atoms with Crippen molar-refractivity contribution in [2.45, 2.75) is 64.5 Å². The molecule has 0 saturated heterocycles. The Morgan fingerprint density at radius 3 is 1.93 bits per heavy atom. The van der Waals surface area contributed by atoms with Crippen molar-refractivity contribution in [1.29, 1.82) is 0 Å². The highest BCUT2D eigenvalue weighted by atomic mass is 19.3. The molecule has 0 aliphatic heterocycles. The average molecular weight is 229 g/mol. The second-order valence-corrected chi connectivity index (χ2v) is 4.38. The summed E-state index contributed by atoms with van der Waals surface area (Å²) < 4.78 is 48.6. The zero-order chi connectivity index (χ0) is 12.1. The lowest BCUT2D eigenvalue weighted by molar-refractivity contribution is 0.0719. The molecule has 1 nitrogen and oxygen atoms in total. The van der Waals surface area contributed by atoms with Gasteiger partial charge in [-0.25, -0.2) is 17.6 Å². The van der Waals surface area contributed by atoms with Crippen LogP contribution in [0.4, 0.5) is 17.6 Å². The van der Waals surface area contributed by atoms with Gasteiger partial charge in [-0.1, -0.05) is 13.8 Å². The van der Waals surface area contributed by atoms with Gasteiger partial charge in [-0.05, 0) is 13.3 Å². The first-order valence-electron chi connectivity index (χ1n) is 5.09. The summed E-state index contributed by atoms with van der Waals surface area (Å²) in [5.41, 5.74) is -0.904. The standard InChI is InChI=1S/C10H19F4N/c1-7(2)15-10(3,6-9(13)14)5-4-8(11)12/h7-9,15H,4-6H2,1-3H3. The van der Waals surface area contributed by atoms with Gasteiger partial charge in [0.05, 0.1) is 0 Å². The molecule has 0 saturated carbocycles. The summed E-state index contributed by atoms with van der Waals surface area (Å²) in [6.07, 6.45) is -5.58. The molecule has 0 aliphatic carbocycles. The summed E-state index contributed by atoms with van der Waals surface area (Å²) in [4.78, 5) is 0. The van der Waals surface area contributed by atoms with Gasteiger partial charge in [0.2, 0.25) is 12.9 Å².